The number of rotatable bonds is 4. The third kappa shape index (κ3) is 2.29. The molecule has 2 aromatic heterocycles. The summed E-state index contributed by atoms with van der Waals surface area (Å²) in [6.07, 6.45) is 5.60. The summed E-state index contributed by atoms with van der Waals surface area (Å²) in [6, 6.07) is 11.4. The Bertz CT molecular complexity index is 812. The lowest BCUT2D eigenvalue weighted by molar-refractivity contribution is 0.599. The minimum Gasteiger partial charge on any atom is -0.354 e. The number of aryl methyl sites for hydroxylation is 3. The van der Waals surface area contributed by atoms with Crippen LogP contribution in [0, 0.1) is 0 Å². The molecule has 3 aromatic rings. The molecule has 0 radical (unpaired) electrons. The molecule has 0 spiro atoms. The van der Waals surface area contributed by atoms with Gasteiger partial charge in [0.1, 0.15) is 0 Å². The minimum atomic E-state index is 0.336. The number of H-pyrrole nitrogens is 1. The van der Waals surface area contributed by atoms with Crippen LogP contribution in [0.4, 0.5) is 0 Å². The standard InChI is InChI=1S/C19H22N2S/c1-2-12(20)7-8-13-11-16-18(22-13)10-9-15-14-5-3-4-6-17(14)21-19(15)16/h3-6,11-12,21H,2,7-10,20H2,1H3. The Kier molecular flexibility index (Phi) is 3.55. The third-order valence-corrected chi connectivity index (χ3v) is 6.09. The van der Waals surface area contributed by atoms with E-state index < -0.39 is 0 Å². The van der Waals surface area contributed by atoms with E-state index in [1.807, 2.05) is 11.3 Å². The number of fused-ring (bicyclic) bond motifs is 5. The van der Waals surface area contributed by atoms with E-state index in [1.54, 1.807) is 4.88 Å². The highest BCUT2D eigenvalue weighted by Crippen LogP contribution is 2.41. The second-order valence-electron chi connectivity index (χ2n) is 6.28. The SMILES string of the molecule is CCC(N)CCc1cc2c(s1)CCc1c-2[nH]c2ccccc12. The minimum absolute atomic E-state index is 0.336. The first-order valence-electron chi connectivity index (χ1n) is 8.23. The summed E-state index contributed by atoms with van der Waals surface area (Å²) in [5, 5.41) is 1.39. The number of para-hydroxylation sites is 1. The zero-order valence-corrected chi connectivity index (χ0v) is 13.8. The number of nitrogens with one attached hydrogen (secondary N) is 1. The summed E-state index contributed by atoms with van der Waals surface area (Å²) < 4.78 is 0. The lowest BCUT2D eigenvalue weighted by Crippen LogP contribution is -2.18. The predicted octanol–water partition coefficient (Wildman–Crippen LogP) is 4.66. The van der Waals surface area contributed by atoms with Crippen LogP contribution in [0.5, 0.6) is 0 Å². The van der Waals surface area contributed by atoms with Crippen LogP contribution in [-0.4, -0.2) is 11.0 Å². The van der Waals surface area contributed by atoms with E-state index in [2.05, 4.69) is 42.2 Å². The topological polar surface area (TPSA) is 41.8 Å². The highest BCUT2D eigenvalue weighted by Gasteiger charge is 2.22. The molecule has 3 N–H and O–H groups in total. The van der Waals surface area contributed by atoms with Crippen LogP contribution in [0.15, 0.2) is 30.3 Å². The maximum absolute atomic E-state index is 6.07. The van der Waals surface area contributed by atoms with Crippen molar-refractivity contribution in [1.82, 2.24) is 4.98 Å². The zero-order valence-electron chi connectivity index (χ0n) is 13.0. The average Bonchev–Trinajstić information content (AvgIpc) is 3.12. The van der Waals surface area contributed by atoms with Gasteiger partial charge in [-0.2, -0.15) is 0 Å². The van der Waals surface area contributed by atoms with E-state index in [1.165, 1.54) is 39.0 Å². The van der Waals surface area contributed by atoms with Crippen molar-refractivity contribution in [2.75, 3.05) is 0 Å². The molecule has 0 bridgehead atoms. The summed E-state index contributed by atoms with van der Waals surface area (Å²) in [4.78, 5) is 6.67. The summed E-state index contributed by atoms with van der Waals surface area (Å²) in [5.41, 5.74) is 11.6. The number of hydrogen-bond acceptors (Lipinski definition) is 2. The quantitative estimate of drug-likeness (QED) is 0.722. The largest absolute Gasteiger partial charge is 0.354 e. The normalized spacial score (nSPS) is 14.8. The molecular weight excluding hydrogens is 288 g/mol. The first-order valence-corrected chi connectivity index (χ1v) is 9.05. The highest BCUT2D eigenvalue weighted by atomic mass is 32.1. The van der Waals surface area contributed by atoms with Gasteiger partial charge >= 0.3 is 0 Å². The summed E-state index contributed by atoms with van der Waals surface area (Å²) in [7, 11) is 0. The number of hydrogen-bond donors (Lipinski definition) is 2. The molecule has 1 aliphatic carbocycles. The fourth-order valence-corrected chi connectivity index (χ4v) is 4.65. The molecule has 1 unspecified atom stereocenters. The van der Waals surface area contributed by atoms with Crippen molar-refractivity contribution in [2.45, 2.75) is 45.1 Å². The Hall–Kier alpha value is -1.58. The molecule has 0 saturated heterocycles. The Morgan fingerprint density at radius 3 is 3.00 bits per heavy atom. The van der Waals surface area contributed by atoms with Crippen LogP contribution < -0.4 is 5.73 Å². The third-order valence-electron chi connectivity index (χ3n) is 4.83. The molecule has 114 valence electrons. The number of nitrogens with two attached hydrogens (primary N) is 1. The molecular formula is C19H22N2S. The van der Waals surface area contributed by atoms with Gasteiger partial charge < -0.3 is 10.7 Å². The number of aromatic amines is 1. The van der Waals surface area contributed by atoms with E-state index >= 15 is 0 Å². The van der Waals surface area contributed by atoms with E-state index in [0.717, 1.165) is 25.7 Å². The summed E-state index contributed by atoms with van der Waals surface area (Å²) >= 11 is 1.99. The predicted molar refractivity (Wildman–Crippen MR) is 95.6 cm³/mol. The first kappa shape index (κ1) is 14.0. The Morgan fingerprint density at radius 1 is 1.27 bits per heavy atom. The van der Waals surface area contributed by atoms with Crippen LogP contribution in [0.2, 0.25) is 0 Å². The monoisotopic (exact) mass is 310 g/mol. The van der Waals surface area contributed by atoms with Crippen molar-refractivity contribution < 1.29 is 0 Å². The summed E-state index contributed by atoms with van der Waals surface area (Å²) in [6.45, 7) is 2.17. The maximum Gasteiger partial charge on any atom is 0.0508 e. The molecule has 1 aromatic carbocycles. The van der Waals surface area contributed by atoms with E-state index in [0.29, 0.717) is 6.04 Å². The Morgan fingerprint density at radius 2 is 2.14 bits per heavy atom. The van der Waals surface area contributed by atoms with Crippen molar-refractivity contribution in [3.05, 3.63) is 45.6 Å². The Balaban J connectivity index is 1.70. The molecule has 2 heterocycles. The second-order valence-corrected chi connectivity index (χ2v) is 7.50. The van der Waals surface area contributed by atoms with Gasteiger partial charge in [0.2, 0.25) is 0 Å². The van der Waals surface area contributed by atoms with E-state index in [4.69, 9.17) is 5.73 Å². The van der Waals surface area contributed by atoms with Gasteiger partial charge in [0.25, 0.3) is 0 Å². The smallest absolute Gasteiger partial charge is 0.0508 e. The van der Waals surface area contributed by atoms with Gasteiger partial charge in [0, 0.05) is 32.3 Å². The Labute approximate surface area is 135 Å². The van der Waals surface area contributed by atoms with Gasteiger partial charge in [-0.05, 0) is 49.8 Å². The van der Waals surface area contributed by atoms with Crippen LogP contribution >= 0.6 is 11.3 Å². The van der Waals surface area contributed by atoms with Crippen LogP contribution in [0.3, 0.4) is 0 Å². The molecule has 0 amide bonds. The lowest BCUT2D eigenvalue weighted by Gasteiger charge is -2.11. The van der Waals surface area contributed by atoms with Gasteiger partial charge in [-0.25, -0.2) is 0 Å². The van der Waals surface area contributed by atoms with Crippen molar-refractivity contribution in [2.24, 2.45) is 5.73 Å². The fraction of sp³-hybridized carbons (Fsp3) is 0.368. The maximum atomic E-state index is 6.07. The number of benzene rings is 1. The van der Waals surface area contributed by atoms with Crippen LogP contribution in [0.1, 0.15) is 35.1 Å². The van der Waals surface area contributed by atoms with Crippen molar-refractivity contribution >= 4 is 22.2 Å². The second kappa shape index (κ2) is 5.56. The zero-order chi connectivity index (χ0) is 15.1. The van der Waals surface area contributed by atoms with E-state index in [9.17, 15) is 0 Å². The van der Waals surface area contributed by atoms with Crippen molar-refractivity contribution in [3.8, 4) is 11.3 Å². The average molecular weight is 310 g/mol. The molecule has 3 heteroatoms. The fourth-order valence-electron chi connectivity index (χ4n) is 3.46. The molecule has 1 atom stereocenters. The lowest BCUT2D eigenvalue weighted by atomic mass is 9.94. The van der Waals surface area contributed by atoms with E-state index in [-0.39, 0.29) is 0 Å². The van der Waals surface area contributed by atoms with Gasteiger partial charge in [0.05, 0.1) is 5.69 Å². The molecule has 2 nitrogen and oxygen atoms in total. The molecule has 0 saturated carbocycles. The van der Waals surface area contributed by atoms with Crippen LogP contribution in [0.25, 0.3) is 22.2 Å². The molecule has 22 heavy (non-hydrogen) atoms. The van der Waals surface area contributed by atoms with Gasteiger partial charge in [-0.3, -0.25) is 0 Å². The molecule has 1 aliphatic rings. The van der Waals surface area contributed by atoms with Gasteiger partial charge in [-0.15, -0.1) is 11.3 Å². The van der Waals surface area contributed by atoms with Crippen LogP contribution in [-0.2, 0) is 19.3 Å². The van der Waals surface area contributed by atoms with Gasteiger partial charge in [0.15, 0.2) is 0 Å². The van der Waals surface area contributed by atoms with Gasteiger partial charge in [-0.1, -0.05) is 25.1 Å². The van der Waals surface area contributed by atoms with Crippen molar-refractivity contribution in [1.29, 1.82) is 0 Å². The first-order chi connectivity index (χ1) is 10.8. The molecule has 0 aliphatic heterocycles. The van der Waals surface area contributed by atoms with Crippen molar-refractivity contribution in [3.63, 3.8) is 0 Å². The molecule has 0 fully saturated rings. The summed E-state index contributed by atoms with van der Waals surface area (Å²) in [5.74, 6) is 0. The number of aromatic nitrogens is 1. The number of thiophene rings is 1. The highest BCUT2D eigenvalue weighted by molar-refractivity contribution is 7.12. The molecule has 4 rings (SSSR count).